The summed E-state index contributed by atoms with van der Waals surface area (Å²) in [6, 6.07) is 18.8. The number of allylic oxidation sites excluding steroid dienone is 1. The first-order valence-corrected chi connectivity index (χ1v) is 13.3. The third-order valence-electron chi connectivity index (χ3n) is 6.20. The van der Waals surface area contributed by atoms with Gasteiger partial charge in [0.2, 0.25) is 0 Å². The lowest BCUT2D eigenvalue weighted by molar-refractivity contribution is 0.00578. The van der Waals surface area contributed by atoms with Gasteiger partial charge in [0.05, 0.1) is 11.2 Å². The van der Waals surface area contributed by atoms with Crippen molar-refractivity contribution in [3.8, 4) is 0 Å². The molecule has 0 unspecified atom stereocenters. The molecule has 0 N–H and O–H groups in total. The van der Waals surface area contributed by atoms with E-state index in [9.17, 15) is 0 Å². The Morgan fingerprint density at radius 3 is 2.00 bits per heavy atom. The van der Waals surface area contributed by atoms with Crippen molar-refractivity contribution in [1.82, 2.24) is 0 Å². The summed E-state index contributed by atoms with van der Waals surface area (Å²) >= 11 is 6.08. The van der Waals surface area contributed by atoms with Crippen molar-refractivity contribution in [3.63, 3.8) is 0 Å². The number of halogens is 1. The Morgan fingerprint density at radius 1 is 0.929 bits per heavy atom. The van der Waals surface area contributed by atoms with Gasteiger partial charge in [-0.25, -0.2) is 0 Å². The molecular formula is C23H30BClO2Si. The zero-order valence-corrected chi connectivity index (χ0v) is 19.5. The molecule has 2 aromatic carbocycles. The van der Waals surface area contributed by atoms with Gasteiger partial charge in [-0.3, -0.25) is 0 Å². The molecule has 1 aliphatic heterocycles. The van der Waals surface area contributed by atoms with Crippen molar-refractivity contribution in [3.05, 3.63) is 70.4 Å². The molecule has 0 aromatic heterocycles. The molecule has 3 rings (SSSR count). The van der Waals surface area contributed by atoms with E-state index in [0.29, 0.717) is 0 Å². The molecule has 2 nitrogen and oxygen atoms in total. The minimum atomic E-state index is -1.90. The van der Waals surface area contributed by atoms with Crippen LogP contribution in [-0.4, -0.2) is 26.4 Å². The van der Waals surface area contributed by atoms with Gasteiger partial charge in [0.15, 0.2) is 0 Å². The fourth-order valence-electron chi connectivity index (χ4n) is 3.52. The Labute approximate surface area is 176 Å². The summed E-state index contributed by atoms with van der Waals surface area (Å²) < 4.78 is 12.6. The molecule has 0 aliphatic carbocycles. The highest BCUT2D eigenvalue weighted by molar-refractivity contribution is 6.96. The molecule has 28 heavy (non-hydrogen) atoms. The molecule has 1 fully saturated rings. The molecule has 148 valence electrons. The van der Waals surface area contributed by atoms with Crippen LogP contribution in [0, 0.1) is 0 Å². The van der Waals surface area contributed by atoms with Gasteiger partial charge in [-0.05, 0) is 45.4 Å². The van der Waals surface area contributed by atoms with Crippen LogP contribution < -0.4 is 5.19 Å². The molecule has 0 amide bonds. The van der Waals surface area contributed by atoms with Gasteiger partial charge in [-0.1, -0.05) is 83.6 Å². The van der Waals surface area contributed by atoms with E-state index in [-0.39, 0.29) is 18.3 Å². The molecule has 0 radical (unpaired) electrons. The van der Waals surface area contributed by atoms with Crippen molar-refractivity contribution in [2.24, 2.45) is 0 Å². The Morgan fingerprint density at radius 2 is 1.46 bits per heavy atom. The predicted molar refractivity (Wildman–Crippen MR) is 124 cm³/mol. The molecule has 0 atom stereocenters. The van der Waals surface area contributed by atoms with Crippen LogP contribution >= 0.6 is 11.6 Å². The SMILES string of the molecule is CC1(C)OB(C/C(=C\c2ccc(Cl)cc2)[Si](C)(C)c2ccccc2)OC1(C)C. The number of hydrogen-bond acceptors (Lipinski definition) is 2. The standard InChI is InChI=1S/C23H30BClO2Si/c1-22(2)23(3,4)27-24(26-22)17-21(16-18-12-14-19(25)15-13-18)28(5,6)20-10-8-7-9-11-20/h7-16H,17H2,1-6H3/b21-16+. The van der Waals surface area contributed by atoms with Crippen molar-refractivity contribution in [2.45, 2.75) is 58.3 Å². The average molecular weight is 413 g/mol. The second-order valence-electron chi connectivity index (χ2n) is 9.10. The van der Waals surface area contributed by atoms with E-state index in [2.05, 4.69) is 89.3 Å². The van der Waals surface area contributed by atoms with Crippen LogP contribution in [0.15, 0.2) is 59.8 Å². The Balaban J connectivity index is 1.97. The third-order valence-corrected chi connectivity index (χ3v) is 10.2. The molecule has 1 saturated heterocycles. The quantitative estimate of drug-likeness (QED) is 0.563. The lowest BCUT2D eigenvalue weighted by atomic mass is 9.84. The van der Waals surface area contributed by atoms with Gasteiger partial charge in [-0.2, -0.15) is 0 Å². The van der Waals surface area contributed by atoms with Crippen molar-refractivity contribution in [1.29, 1.82) is 0 Å². The van der Waals surface area contributed by atoms with Gasteiger partial charge >= 0.3 is 7.12 Å². The molecule has 5 heteroatoms. The summed E-state index contributed by atoms with van der Waals surface area (Å²) in [6.45, 7) is 13.2. The summed E-state index contributed by atoms with van der Waals surface area (Å²) in [5.74, 6) is 0. The second kappa shape index (κ2) is 7.83. The maximum atomic E-state index is 6.32. The zero-order valence-electron chi connectivity index (χ0n) is 17.8. The van der Waals surface area contributed by atoms with Gasteiger partial charge in [0.25, 0.3) is 0 Å². The summed E-state index contributed by atoms with van der Waals surface area (Å²) in [5.41, 5.74) is 0.524. The van der Waals surface area contributed by atoms with Crippen LogP contribution in [0.25, 0.3) is 6.08 Å². The molecule has 2 aromatic rings. The Kier molecular flexibility index (Phi) is 5.98. The third kappa shape index (κ3) is 4.46. The first-order chi connectivity index (χ1) is 13.0. The monoisotopic (exact) mass is 412 g/mol. The Bertz CT molecular complexity index is 829. The molecule has 0 saturated carbocycles. The fourth-order valence-corrected chi connectivity index (χ4v) is 6.25. The van der Waals surface area contributed by atoms with Gasteiger partial charge < -0.3 is 9.31 Å². The highest BCUT2D eigenvalue weighted by atomic mass is 35.5. The van der Waals surface area contributed by atoms with Crippen LogP contribution in [0.2, 0.25) is 24.4 Å². The molecule has 1 aliphatic rings. The summed E-state index contributed by atoms with van der Waals surface area (Å²) in [7, 11) is -2.13. The number of rotatable bonds is 5. The van der Waals surface area contributed by atoms with Gasteiger partial charge in [-0.15, -0.1) is 0 Å². The molecule has 0 bridgehead atoms. The molecular weight excluding hydrogens is 383 g/mol. The van der Waals surface area contributed by atoms with Crippen LogP contribution in [0.1, 0.15) is 33.3 Å². The van der Waals surface area contributed by atoms with Gasteiger partial charge in [0, 0.05) is 11.3 Å². The number of benzene rings is 2. The van der Waals surface area contributed by atoms with Crippen LogP contribution in [0.5, 0.6) is 0 Å². The van der Waals surface area contributed by atoms with E-state index in [1.807, 2.05) is 12.1 Å². The summed E-state index contributed by atoms with van der Waals surface area (Å²) in [4.78, 5) is 0. The van der Waals surface area contributed by atoms with Crippen molar-refractivity contribution in [2.75, 3.05) is 0 Å². The van der Waals surface area contributed by atoms with Crippen molar-refractivity contribution < 1.29 is 9.31 Å². The predicted octanol–water partition coefficient (Wildman–Crippen LogP) is 5.97. The minimum absolute atomic E-state index is 0.237. The topological polar surface area (TPSA) is 18.5 Å². The fraction of sp³-hybridized carbons (Fsp3) is 0.391. The highest BCUT2D eigenvalue weighted by Gasteiger charge is 2.51. The number of hydrogen-bond donors (Lipinski definition) is 0. The highest BCUT2D eigenvalue weighted by Crippen LogP contribution is 2.39. The summed E-state index contributed by atoms with van der Waals surface area (Å²) in [5, 5.41) is 3.57. The molecule has 1 heterocycles. The lowest BCUT2D eigenvalue weighted by Gasteiger charge is -2.32. The van der Waals surface area contributed by atoms with E-state index in [1.165, 1.54) is 10.4 Å². The maximum absolute atomic E-state index is 6.32. The summed E-state index contributed by atoms with van der Waals surface area (Å²) in [6.07, 6.45) is 3.07. The minimum Gasteiger partial charge on any atom is -0.403 e. The first-order valence-electron chi connectivity index (χ1n) is 9.89. The van der Waals surface area contributed by atoms with Crippen molar-refractivity contribution >= 4 is 38.1 Å². The lowest BCUT2D eigenvalue weighted by Crippen LogP contribution is -2.45. The normalized spacial score (nSPS) is 19.1. The maximum Gasteiger partial charge on any atom is 0.461 e. The second-order valence-corrected chi connectivity index (χ2v) is 14.0. The Hall–Kier alpha value is -1.33. The molecule has 0 spiro atoms. The van der Waals surface area contributed by atoms with E-state index in [1.54, 1.807) is 0 Å². The van der Waals surface area contributed by atoms with Gasteiger partial charge in [0.1, 0.15) is 8.07 Å². The van der Waals surface area contributed by atoms with E-state index in [4.69, 9.17) is 20.9 Å². The van der Waals surface area contributed by atoms with Crippen LogP contribution in [0.4, 0.5) is 0 Å². The smallest absolute Gasteiger partial charge is 0.403 e. The zero-order chi connectivity index (χ0) is 20.6. The van der Waals surface area contributed by atoms with E-state index >= 15 is 0 Å². The van der Waals surface area contributed by atoms with E-state index in [0.717, 1.165) is 16.9 Å². The van der Waals surface area contributed by atoms with E-state index < -0.39 is 8.07 Å². The largest absolute Gasteiger partial charge is 0.461 e. The first kappa shape index (κ1) is 21.4. The average Bonchev–Trinajstić information content (AvgIpc) is 2.83. The van der Waals surface area contributed by atoms with Crippen LogP contribution in [0.3, 0.4) is 0 Å². The van der Waals surface area contributed by atoms with Crippen LogP contribution in [-0.2, 0) is 9.31 Å².